The highest BCUT2D eigenvalue weighted by atomic mass is 16.7. The number of rotatable bonds is 8. The van der Waals surface area contributed by atoms with Gasteiger partial charge in [0.05, 0.1) is 47.6 Å². The lowest BCUT2D eigenvalue weighted by molar-refractivity contribution is -0.318. The number of cyclic esters (lactones) is 1. The number of carbonyl (C=O) groups excluding carboxylic acids is 2. The molecule has 0 aromatic carbocycles. The summed E-state index contributed by atoms with van der Waals surface area (Å²) in [6.07, 6.45) is -8.87. The van der Waals surface area contributed by atoms with E-state index in [0.717, 1.165) is 0 Å². The van der Waals surface area contributed by atoms with Gasteiger partial charge in [0.2, 0.25) is 0 Å². The fourth-order valence-corrected chi connectivity index (χ4v) is 8.64. The van der Waals surface area contributed by atoms with Gasteiger partial charge in [0, 0.05) is 44.4 Å². The number of carbonyl (C=O) groups is 2. The molecule has 0 aromatic heterocycles. The average molecular weight is 748 g/mol. The summed E-state index contributed by atoms with van der Waals surface area (Å²) in [6, 6.07) is -0.312. The SMILES string of the molecule is CC[C@H]1OC(=O)[C@H](C)[C@@H](O[C@H]2C[C@@](C)(OC)[C@@H](O)[C@H](C)O2)[C@H](C)[C@@H](O[C@@H]2O[C@H](C)C[C@H](N(C)C)[C@H]2O)[C@@](C)(O)C[C@@H](C)C(=O)[C@H](C)[C@@H](O)[C@]1(C)OC. The summed E-state index contributed by atoms with van der Waals surface area (Å²) in [6.45, 7) is 17.0. The third kappa shape index (κ3) is 9.38. The zero-order valence-corrected chi connectivity index (χ0v) is 33.9. The maximum Gasteiger partial charge on any atom is 0.311 e. The van der Waals surface area contributed by atoms with Gasteiger partial charge in [-0.25, -0.2) is 0 Å². The predicted molar refractivity (Wildman–Crippen MR) is 191 cm³/mol. The predicted octanol–water partition coefficient (Wildman–Crippen LogP) is 2.44. The second-order valence-corrected chi connectivity index (χ2v) is 16.6. The highest BCUT2D eigenvalue weighted by molar-refractivity contribution is 5.83. The van der Waals surface area contributed by atoms with E-state index in [1.807, 2.05) is 25.9 Å². The highest BCUT2D eigenvalue weighted by Crippen LogP contribution is 2.41. The molecular weight excluding hydrogens is 678 g/mol. The van der Waals surface area contributed by atoms with Crippen LogP contribution in [0.2, 0.25) is 0 Å². The van der Waals surface area contributed by atoms with E-state index in [9.17, 15) is 30.0 Å². The van der Waals surface area contributed by atoms with Crippen molar-refractivity contribution in [1.29, 1.82) is 0 Å². The molecule has 0 saturated carbocycles. The van der Waals surface area contributed by atoms with Gasteiger partial charge in [-0.3, -0.25) is 9.59 Å². The molecule has 3 heterocycles. The van der Waals surface area contributed by atoms with E-state index >= 15 is 0 Å². The second-order valence-electron chi connectivity index (χ2n) is 16.6. The normalized spacial score (nSPS) is 49.0. The number of hydrogen-bond acceptors (Lipinski definition) is 14. The van der Waals surface area contributed by atoms with E-state index in [2.05, 4.69) is 0 Å². The number of aliphatic hydroxyl groups excluding tert-OH is 3. The number of Topliss-reactive ketones (excluding diaryl/α,β-unsaturated/α-hetero) is 1. The summed E-state index contributed by atoms with van der Waals surface area (Å²) in [4.78, 5) is 30.1. The Morgan fingerprint density at radius 2 is 1.48 bits per heavy atom. The summed E-state index contributed by atoms with van der Waals surface area (Å²) in [5, 5.41) is 46.5. The molecule has 0 aliphatic carbocycles. The Kier molecular flexibility index (Phi) is 15.3. The van der Waals surface area contributed by atoms with Gasteiger partial charge in [0.15, 0.2) is 12.6 Å². The first-order valence-corrected chi connectivity index (χ1v) is 18.9. The smallest absolute Gasteiger partial charge is 0.311 e. The Bertz CT molecular complexity index is 1190. The van der Waals surface area contributed by atoms with E-state index in [0.29, 0.717) is 6.42 Å². The molecule has 4 N–H and O–H groups in total. The summed E-state index contributed by atoms with van der Waals surface area (Å²) in [5.74, 6) is -4.52. The van der Waals surface area contributed by atoms with Gasteiger partial charge in [-0.2, -0.15) is 0 Å². The Morgan fingerprint density at radius 3 is 2.02 bits per heavy atom. The molecule has 0 bridgehead atoms. The summed E-state index contributed by atoms with van der Waals surface area (Å²) in [7, 11) is 6.62. The maximum absolute atomic E-state index is 14.2. The molecule has 18 atom stereocenters. The van der Waals surface area contributed by atoms with Crippen molar-refractivity contribution in [2.24, 2.45) is 23.7 Å². The molecule has 304 valence electrons. The number of nitrogens with zero attached hydrogens (tertiary/aromatic N) is 1. The summed E-state index contributed by atoms with van der Waals surface area (Å²) in [5.41, 5.74) is -4.25. The number of hydrogen-bond donors (Lipinski definition) is 4. The summed E-state index contributed by atoms with van der Waals surface area (Å²) < 4.78 is 43.3. The van der Waals surface area contributed by atoms with Crippen LogP contribution in [0.3, 0.4) is 0 Å². The number of ether oxygens (including phenoxy) is 7. The van der Waals surface area contributed by atoms with Crippen LogP contribution >= 0.6 is 0 Å². The zero-order chi connectivity index (χ0) is 39.7. The fraction of sp³-hybridized carbons (Fsp3) is 0.947. The minimum atomic E-state index is -1.76. The van der Waals surface area contributed by atoms with Crippen LogP contribution in [0.5, 0.6) is 0 Å². The van der Waals surface area contributed by atoms with Crippen LogP contribution in [0.4, 0.5) is 0 Å². The lowest BCUT2D eigenvalue weighted by Crippen LogP contribution is -2.61. The van der Waals surface area contributed by atoms with Gasteiger partial charge >= 0.3 is 5.97 Å². The topological polar surface area (TPSA) is 183 Å². The fourth-order valence-electron chi connectivity index (χ4n) is 8.64. The van der Waals surface area contributed by atoms with Crippen molar-refractivity contribution in [1.82, 2.24) is 4.90 Å². The lowest BCUT2D eigenvalue weighted by Gasteiger charge is -2.49. The maximum atomic E-state index is 14.2. The minimum absolute atomic E-state index is 0.0925. The zero-order valence-electron chi connectivity index (χ0n) is 33.9. The van der Waals surface area contributed by atoms with Crippen molar-refractivity contribution in [2.75, 3.05) is 28.3 Å². The largest absolute Gasteiger partial charge is 0.459 e. The van der Waals surface area contributed by atoms with Crippen molar-refractivity contribution >= 4 is 11.8 Å². The van der Waals surface area contributed by atoms with Crippen LogP contribution in [-0.2, 0) is 42.7 Å². The molecule has 3 fully saturated rings. The van der Waals surface area contributed by atoms with Gasteiger partial charge in [-0.15, -0.1) is 0 Å². The molecule has 14 heteroatoms. The number of methoxy groups -OCH3 is 2. The molecule has 0 spiro atoms. The Labute approximate surface area is 310 Å². The Morgan fingerprint density at radius 1 is 0.865 bits per heavy atom. The van der Waals surface area contributed by atoms with Crippen LogP contribution in [0.1, 0.15) is 94.9 Å². The van der Waals surface area contributed by atoms with E-state index in [-0.39, 0.29) is 37.2 Å². The van der Waals surface area contributed by atoms with Crippen molar-refractivity contribution in [3.63, 3.8) is 0 Å². The molecule has 0 unspecified atom stereocenters. The van der Waals surface area contributed by atoms with Crippen LogP contribution in [-0.4, -0.2) is 150 Å². The lowest BCUT2D eigenvalue weighted by atomic mass is 9.74. The molecule has 3 aliphatic rings. The van der Waals surface area contributed by atoms with Gasteiger partial charge in [0.25, 0.3) is 0 Å². The van der Waals surface area contributed by atoms with Crippen molar-refractivity contribution in [2.45, 2.75) is 179 Å². The number of ketones is 1. The standard InChI is InChI=1S/C38H69NO13/c1-15-26-38(10,47-14)31(42)21(4)28(40)19(2)17-36(8,45)33(52-35-29(41)25(39(11)12)16-20(3)48-35)22(5)30(23(6)34(44)50-26)51-27-18-37(9,46-13)32(43)24(7)49-27/h19-27,29-33,35,41-43,45H,15-18H2,1-14H3/t19-,20-,21+,22+,23-,24+,25+,26-,27+,29-,30+,31-,32+,33-,35+,36+,37-,38-/m1/s1. The highest BCUT2D eigenvalue weighted by Gasteiger charge is 2.54. The molecule has 3 rings (SSSR count). The van der Waals surface area contributed by atoms with Crippen LogP contribution in [0.15, 0.2) is 0 Å². The number of esters is 1. The average Bonchev–Trinajstić information content (AvgIpc) is 3.08. The van der Waals surface area contributed by atoms with Gasteiger partial charge in [0.1, 0.15) is 29.7 Å². The molecule has 14 nitrogen and oxygen atoms in total. The third-order valence-corrected chi connectivity index (χ3v) is 12.2. The first-order chi connectivity index (χ1) is 24.0. The van der Waals surface area contributed by atoms with Crippen molar-refractivity contribution in [3.05, 3.63) is 0 Å². The summed E-state index contributed by atoms with van der Waals surface area (Å²) >= 11 is 0. The Balaban J connectivity index is 2.20. The van der Waals surface area contributed by atoms with Gasteiger partial charge < -0.3 is 58.5 Å². The first-order valence-electron chi connectivity index (χ1n) is 18.9. The second kappa shape index (κ2) is 17.7. The molecule has 3 aliphatic heterocycles. The number of likely N-dealkylation sites (N-methyl/N-ethyl adjacent to an activating group) is 1. The van der Waals surface area contributed by atoms with Crippen molar-refractivity contribution < 1.29 is 63.2 Å². The molecule has 0 aromatic rings. The van der Waals surface area contributed by atoms with Crippen LogP contribution in [0, 0.1) is 23.7 Å². The molecule has 3 saturated heterocycles. The van der Waals surface area contributed by atoms with E-state index in [4.69, 9.17) is 33.2 Å². The van der Waals surface area contributed by atoms with Gasteiger partial charge in [-0.05, 0) is 74.9 Å². The monoisotopic (exact) mass is 747 g/mol. The van der Waals surface area contributed by atoms with E-state index in [1.165, 1.54) is 14.2 Å². The first kappa shape index (κ1) is 45.1. The molecule has 0 radical (unpaired) electrons. The molecule has 0 amide bonds. The van der Waals surface area contributed by atoms with Crippen molar-refractivity contribution in [3.8, 4) is 0 Å². The Hall–Kier alpha value is -1.30. The van der Waals surface area contributed by atoms with E-state index < -0.39 is 102 Å². The molecule has 52 heavy (non-hydrogen) atoms. The molecular formula is C38H69NO13. The van der Waals surface area contributed by atoms with Crippen LogP contribution < -0.4 is 0 Å². The number of aliphatic hydroxyl groups is 4. The minimum Gasteiger partial charge on any atom is -0.459 e. The van der Waals surface area contributed by atoms with Crippen LogP contribution in [0.25, 0.3) is 0 Å². The van der Waals surface area contributed by atoms with E-state index in [1.54, 1.807) is 62.3 Å². The third-order valence-electron chi connectivity index (χ3n) is 12.2. The quantitative estimate of drug-likeness (QED) is 0.266. The van der Waals surface area contributed by atoms with Gasteiger partial charge in [-0.1, -0.05) is 27.7 Å².